The van der Waals surface area contributed by atoms with Crippen LogP contribution in [0.2, 0.25) is 0 Å². The van der Waals surface area contributed by atoms with Crippen molar-refractivity contribution in [2.75, 3.05) is 52.6 Å². The van der Waals surface area contributed by atoms with E-state index in [1.807, 2.05) is 37.2 Å². The number of hydrogen-bond acceptors (Lipinski definition) is 4. The molecule has 3 aromatic rings. The molecular weight excluding hydrogens is 517 g/mol. The van der Waals surface area contributed by atoms with Crippen LogP contribution >= 0.6 is 0 Å². The summed E-state index contributed by atoms with van der Waals surface area (Å²) in [5, 5.41) is 3.03. The smallest absolute Gasteiger partial charge is 0.321 e. The van der Waals surface area contributed by atoms with Crippen molar-refractivity contribution in [3.8, 4) is 11.5 Å². The molecule has 0 saturated carbocycles. The molecule has 1 aliphatic rings. The molecule has 0 bridgehead atoms. The molecule has 9 heteroatoms. The average molecular weight is 555 g/mol. The molecule has 1 saturated heterocycles. The van der Waals surface area contributed by atoms with Gasteiger partial charge in [0.25, 0.3) is 0 Å². The predicted octanol–water partition coefficient (Wildman–Crippen LogP) is 6.61. The predicted molar refractivity (Wildman–Crippen MR) is 151 cm³/mol. The first kappa shape index (κ1) is 29.4. The Morgan fingerprint density at radius 2 is 1.60 bits per heavy atom. The first-order chi connectivity index (χ1) is 19.1. The lowest BCUT2D eigenvalue weighted by Crippen LogP contribution is -2.36. The van der Waals surface area contributed by atoms with Gasteiger partial charge >= 0.3 is 6.03 Å². The number of nitrogens with one attached hydrogen (secondary N) is 1. The largest absolute Gasteiger partial charge is 0.454 e. The number of rotatable bonds is 9. The fourth-order valence-corrected chi connectivity index (χ4v) is 4.86. The van der Waals surface area contributed by atoms with E-state index in [0.717, 1.165) is 50.3 Å². The summed E-state index contributed by atoms with van der Waals surface area (Å²) in [7, 11) is 5.77. The number of likely N-dealkylation sites (N-methyl/N-ethyl adjacent to an activating group) is 2. The van der Waals surface area contributed by atoms with Gasteiger partial charge in [-0.3, -0.25) is 4.90 Å². The van der Waals surface area contributed by atoms with Crippen molar-refractivity contribution < 1.29 is 22.7 Å². The van der Waals surface area contributed by atoms with Crippen LogP contribution in [0.3, 0.4) is 0 Å². The summed E-state index contributed by atoms with van der Waals surface area (Å²) >= 11 is 0. The molecule has 0 aromatic heterocycles. The van der Waals surface area contributed by atoms with Crippen molar-refractivity contribution in [2.45, 2.75) is 32.2 Å². The second-order valence-corrected chi connectivity index (χ2v) is 10.7. The molecule has 0 aliphatic carbocycles. The summed E-state index contributed by atoms with van der Waals surface area (Å²) in [6.07, 6.45) is 2.02. The number of hydrogen-bond donors (Lipinski definition) is 1. The van der Waals surface area contributed by atoms with E-state index in [4.69, 9.17) is 4.74 Å². The molecule has 0 spiro atoms. The molecule has 2 amide bonds. The molecule has 0 unspecified atom stereocenters. The standard InChI is InChI=1S/C31H37F3N4O2/c1-21-5-8-24(35-31(39)37(4)16-15-36(2)3)17-26(21)23-11-13-38(14-12-23)20-22-6-9-25(10-7-22)40-30-19-28(33)27(32)18-29(30)34/h5-10,17-19,23H,11-16,20H2,1-4H3,(H,35,39). The van der Waals surface area contributed by atoms with Crippen LogP contribution in [0.4, 0.5) is 23.7 Å². The topological polar surface area (TPSA) is 48.1 Å². The van der Waals surface area contributed by atoms with Gasteiger partial charge in [0, 0.05) is 44.5 Å². The zero-order chi connectivity index (χ0) is 28.8. The van der Waals surface area contributed by atoms with Gasteiger partial charge in [-0.25, -0.2) is 18.0 Å². The first-order valence-corrected chi connectivity index (χ1v) is 13.5. The Balaban J connectivity index is 1.30. The van der Waals surface area contributed by atoms with Crippen molar-refractivity contribution in [1.82, 2.24) is 14.7 Å². The molecular formula is C31H37F3N4O2. The SMILES string of the molecule is Cc1ccc(NC(=O)N(C)CCN(C)C)cc1C1CCN(Cc2ccc(Oc3cc(F)c(F)cc3F)cc2)CC1. The van der Waals surface area contributed by atoms with Gasteiger partial charge < -0.3 is 19.9 Å². The molecule has 1 heterocycles. The van der Waals surface area contributed by atoms with Gasteiger partial charge in [-0.15, -0.1) is 0 Å². The van der Waals surface area contributed by atoms with Crippen molar-refractivity contribution in [3.63, 3.8) is 0 Å². The van der Waals surface area contributed by atoms with E-state index < -0.39 is 17.5 Å². The number of aryl methyl sites for hydroxylation is 1. The highest BCUT2D eigenvalue weighted by molar-refractivity contribution is 5.89. The van der Waals surface area contributed by atoms with Crippen LogP contribution in [0.15, 0.2) is 54.6 Å². The molecule has 3 aromatic carbocycles. The second kappa shape index (κ2) is 13.2. The fraction of sp³-hybridized carbons (Fsp3) is 0.387. The van der Waals surface area contributed by atoms with Crippen LogP contribution in [0, 0.1) is 24.4 Å². The number of urea groups is 1. The average Bonchev–Trinajstić information content (AvgIpc) is 2.93. The number of halogens is 3. The summed E-state index contributed by atoms with van der Waals surface area (Å²) in [4.78, 5) is 18.7. The fourth-order valence-electron chi connectivity index (χ4n) is 4.86. The van der Waals surface area contributed by atoms with E-state index >= 15 is 0 Å². The number of ether oxygens (including phenoxy) is 1. The third kappa shape index (κ3) is 7.76. The molecule has 1 fully saturated rings. The van der Waals surface area contributed by atoms with E-state index in [-0.39, 0.29) is 11.8 Å². The molecule has 1 aliphatic heterocycles. The highest BCUT2D eigenvalue weighted by atomic mass is 19.2. The Morgan fingerprint density at radius 3 is 2.27 bits per heavy atom. The van der Waals surface area contributed by atoms with E-state index in [1.165, 1.54) is 11.1 Å². The van der Waals surface area contributed by atoms with E-state index in [9.17, 15) is 18.0 Å². The monoisotopic (exact) mass is 554 g/mol. The van der Waals surface area contributed by atoms with Crippen LogP contribution in [-0.4, -0.2) is 68.1 Å². The number of amides is 2. The number of nitrogens with zero attached hydrogens (tertiary/aromatic N) is 3. The third-order valence-electron chi connectivity index (χ3n) is 7.32. The molecule has 214 valence electrons. The summed E-state index contributed by atoms with van der Waals surface area (Å²) < 4.78 is 45.9. The molecule has 40 heavy (non-hydrogen) atoms. The minimum atomic E-state index is -1.25. The van der Waals surface area contributed by atoms with Crippen molar-refractivity contribution in [2.24, 2.45) is 0 Å². The maximum absolute atomic E-state index is 13.9. The summed E-state index contributed by atoms with van der Waals surface area (Å²) in [5.74, 6) is -2.96. The van der Waals surface area contributed by atoms with Gasteiger partial charge in [0.05, 0.1) is 0 Å². The van der Waals surface area contributed by atoms with Crippen LogP contribution in [0.5, 0.6) is 11.5 Å². The van der Waals surface area contributed by atoms with Gasteiger partial charge in [-0.05, 0) is 93.8 Å². The number of anilines is 1. The lowest BCUT2D eigenvalue weighted by Gasteiger charge is -2.33. The van der Waals surface area contributed by atoms with Gasteiger partial charge in [0.1, 0.15) is 5.75 Å². The quantitative estimate of drug-likeness (QED) is 0.303. The Morgan fingerprint density at radius 1 is 0.925 bits per heavy atom. The molecule has 1 N–H and O–H groups in total. The van der Waals surface area contributed by atoms with Crippen molar-refractivity contribution in [3.05, 3.63) is 88.7 Å². The minimum absolute atomic E-state index is 0.113. The Labute approximate surface area is 234 Å². The Bertz CT molecular complexity index is 1310. The van der Waals surface area contributed by atoms with Crippen LogP contribution in [-0.2, 0) is 6.54 Å². The normalized spacial score (nSPS) is 14.4. The van der Waals surface area contributed by atoms with Gasteiger partial charge in [0.15, 0.2) is 23.2 Å². The molecule has 4 rings (SSSR count). The molecule has 0 atom stereocenters. The Hall–Kier alpha value is -3.56. The van der Waals surface area contributed by atoms with Crippen LogP contribution < -0.4 is 10.1 Å². The molecule has 0 radical (unpaired) electrons. The summed E-state index contributed by atoms with van der Waals surface area (Å²) in [6, 6.07) is 14.4. The van der Waals surface area contributed by atoms with Gasteiger partial charge in [0.2, 0.25) is 0 Å². The maximum Gasteiger partial charge on any atom is 0.321 e. The lowest BCUT2D eigenvalue weighted by atomic mass is 9.86. The van der Waals surface area contributed by atoms with Crippen LogP contribution in [0.1, 0.15) is 35.4 Å². The zero-order valence-corrected chi connectivity index (χ0v) is 23.5. The van der Waals surface area contributed by atoms with E-state index in [0.29, 0.717) is 30.3 Å². The van der Waals surface area contributed by atoms with Crippen molar-refractivity contribution in [1.29, 1.82) is 0 Å². The lowest BCUT2D eigenvalue weighted by molar-refractivity contribution is 0.204. The van der Waals surface area contributed by atoms with Gasteiger partial charge in [-0.1, -0.05) is 18.2 Å². The van der Waals surface area contributed by atoms with E-state index in [2.05, 4.69) is 29.3 Å². The molecule has 6 nitrogen and oxygen atoms in total. The number of benzene rings is 3. The maximum atomic E-state index is 13.9. The summed E-state index contributed by atoms with van der Waals surface area (Å²) in [5.41, 5.74) is 4.40. The third-order valence-corrected chi connectivity index (χ3v) is 7.32. The second-order valence-electron chi connectivity index (χ2n) is 10.7. The number of piperidine rings is 1. The zero-order valence-electron chi connectivity index (χ0n) is 23.5. The number of likely N-dealkylation sites (tertiary alicyclic amines) is 1. The highest BCUT2D eigenvalue weighted by Crippen LogP contribution is 2.33. The minimum Gasteiger partial charge on any atom is -0.454 e. The summed E-state index contributed by atoms with van der Waals surface area (Å²) in [6.45, 7) is 6.21. The number of carbonyl (C=O) groups excluding carboxylic acids is 1. The highest BCUT2D eigenvalue weighted by Gasteiger charge is 2.23. The first-order valence-electron chi connectivity index (χ1n) is 13.5. The van der Waals surface area contributed by atoms with E-state index in [1.54, 1.807) is 24.1 Å². The van der Waals surface area contributed by atoms with Gasteiger partial charge in [-0.2, -0.15) is 0 Å². The van der Waals surface area contributed by atoms with Crippen molar-refractivity contribution >= 4 is 11.7 Å². The Kier molecular flexibility index (Phi) is 9.71. The number of carbonyl (C=O) groups is 1. The van der Waals surface area contributed by atoms with Crippen LogP contribution in [0.25, 0.3) is 0 Å².